The van der Waals surface area contributed by atoms with Crippen LogP contribution in [0.4, 0.5) is 8.78 Å². The lowest BCUT2D eigenvalue weighted by Gasteiger charge is -2.08. The first-order valence-electron chi connectivity index (χ1n) is 16.4. The van der Waals surface area contributed by atoms with Crippen LogP contribution in [0.1, 0.15) is 52.5 Å². The van der Waals surface area contributed by atoms with Crippen molar-refractivity contribution in [2.24, 2.45) is 11.8 Å². The highest BCUT2D eigenvalue weighted by Gasteiger charge is 2.42. The molecule has 0 spiro atoms. The Labute approximate surface area is 298 Å². The Morgan fingerprint density at radius 2 is 1.10 bits per heavy atom. The smallest absolute Gasteiger partial charge is 0.268 e. The molecule has 2 heterocycles. The molecule has 0 radical (unpaired) electrons. The number of carbonyl (C=O) groups is 2. The lowest BCUT2D eigenvalue weighted by atomic mass is 10.1. The fraction of sp³-hybridized carbons (Fsp3) is 0.205. The zero-order valence-corrected chi connectivity index (χ0v) is 29.5. The van der Waals surface area contributed by atoms with Crippen LogP contribution in [0.5, 0.6) is 0 Å². The summed E-state index contributed by atoms with van der Waals surface area (Å²) in [5, 5.41) is 10.2. The Balaban J connectivity index is 0.000000162. The van der Waals surface area contributed by atoms with E-state index in [1.165, 1.54) is 22.3 Å². The maximum Gasteiger partial charge on any atom is 0.268 e. The first-order chi connectivity index (χ1) is 24.8. The molecule has 264 valence electrons. The number of hydrogen-bond donors (Lipinski definition) is 0. The molecule has 6 aromatic rings. The fourth-order valence-electron chi connectivity index (χ4n) is 6.59. The highest BCUT2D eigenvalue weighted by molar-refractivity contribution is 7.90. The SMILES string of the molecule is Cc1ccc(S(=O)(=O)n2cc(C3CC3C=O)c3cc(C#N)ccc32)cc1.Cc1ccc(S(=O)(=O)n2cc(C3CC3C=O)c3cc(F)c(F)cc32)cc1. The maximum atomic E-state index is 13.8. The molecule has 8 rings (SSSR count). The van der Waals surface area contributed by atoms with Crippen molar-refractivity contribution in [3.05, 3.63) is 131 Å². The molecule has 0 aliphatic heterocycles. The van der Waals surface area contributed by atoms with Gasteiger partial charge in [-0.3, -0.25) is 0 Å². The summed E-state index contributed by atoms with van der Waals surface area (Å²) in [7, 11) is -7.75. The van der Waals surface area contributed by atoms with E-state index >= 15 is 0 Å². The standard InChI is InChI=1S/C20H16N2O3S.C19H15F2NO3S/c1-13-2-5-16(6-3-13)26(24,25)22-11-19(17-9-15(17)12-23)18-8-14(10-21)4-7-20(18)22;1-11-2-4-13(5-3-11)26(24,25)22-9-16(14-6-12(14)10-23)15-7-17(20)18(21)8-19(15)22/h2-8,11-12,15,17H,9H2,1H3;2-5,7-10,12,14H,6H2,1H3. The molecule has 2 saturated carbocycles. The van der Waals surface area contributed by atoms with E-state index < -0.39 is 31.7 Å². The second kappa shape index (κ2) is 13.0. The van der Waals surface area contributed by atoms with Gasteiger partial charge in [0.15, 0.2) is 11.6 Å². The van der Waals surface area contributed by atoms with Gasteiger partial charge in [0, 0.05) is 41.1 Å². The lowest BCUT2D eigenvalue weighted by molar-refractivity contribution is -0.109. The van der Waals surface area contributed by atoms with Crippen molar-refractivity contribution in [2.45, 2.75) is 48.3 Å². The van der Waals surface area contributed by atoms with Crippen LogP contribution in [0.15, 0.2) is 101 Å². The van der Waals surface area contributed by atoms with Crippen LogP contribution < -0.4 is 0 Å². The van der Waals surface area contributed by atoms with Crippen LogP contribution in [0, 0.1) is 48.6 Å². The summed E-state index contributed by atoms with van der Waals surface area (Å²) >= 11 is 0. The second-order valence-corrected chi connectivity index (χ2v) is 16.9. The van der Waals surface area contributed by atoms with Gasteiger partial charge in [0.2, 0.25) is 0 Å². The van der Waals surface area contributed by atoms with Crippen LogP contribution in [0.25, 0.3) is 21.8 Å². The molecule has 13 heteroatoms. The first-order valence-corrected chi connectivity index (χ1v) is 19.3. The van der Waals surface area contributed by atoms with E-state index in [9.17, 15) is 40.5 Å². The number of carbonyl (C=O) groups excluding carboxylic acids is 2. The van der Waals surface area contributed by atoms with Gasteiger partial charge in [-0.15, -0.1) is 0 Å². The third-order valence-electron chi connectivity index (χ3n) is 9.76. The zero-order chi connectivity index (χ0) is 37.1. The van der Waals surface area contributed by atoms with Crippen LogP contribution in [0.2, 0.25) is 0 Å². The highest BCUT2D eigenvalue weighted by Crippen LogP contribution is 2.50. The van der Waals surface area contributed by atoms with Crippen LogP contribution >= 0.6 is 0 Å². The average Bonchev–Trinajstić information content (AvgIpc) is 4.03. The van der Waals surface area contributed by atoms with E-state index in [0.717, 1.165) is 45.4 Å². The van der Waals surface area contributed by atoms with E-state index in [4.69, 9.17) is 0 Å². The first kappa shape index (κ1) is 35.0. The van der Waals surface area contributed by atoms with E-state index in [0.29, 0.717) is 40.3 Å². The summed E-state index contributed by atoms with van der Waals surface area (Å²) in [4.78, 5) is 22.4. The minimum atomic E-state index is -3.98. The van der Waals surface area contributed by atoms with Crippen molar-refractivity contribution in [1.82, 2.24) is 7.94 Å². The lowest BCUT2D eigenvalue weighted by Crippen LogP contribution is -2.12. The highest BCUT2D eigenvalue weighted by atomic mass is 32.2. The van der Waals surface area contributed by atoms with E-state index in [1.54, 1.807) is 60.8 Å². The van der Waals surface area contributed by atoms with E-state index in [-0.39, 0.29) is 39.0 Å². The Bertz CT molecular complexity index is 2680. The minimum absolute atomic E-state index is 0.0124. The van der Waals surface area contributed by atoms with E-state index in [1.807, 2.05) is 13.8 Å². The molecular formula is C39H31F2N3O6S2. The molecule has 0 bridgehead atoms. The molecule has 0 N–H and O–H groups in total. The number of rotatable bonds is 8. The topological polar surface area (TPSA) is 136 Å². The van der Waals surface area contributed by atoms with Crippen molar-refractivity contribution in [3.63, 3.8) is 0 Å². The van der Waals surface area contributed by atoms with Gasteiger partial charge < -0.3 is 9.59 Å². The van der Waals surface area contributed by atoms with Gasteiger partial charge in [-0.25, -0.2) is 33.6 Å². The Morgan fingerprint density at radius 1 is 0.654 bits per heavy atom. The molecule has 2 aliphatic rings. The monoisotopic (exact) mass is 739 g/mol. The quantitative estimate of drug-likeness (QED) is 0.152. The van der Waals surface area contributed by atoms with Gasteiger partial charge in [0.1, 0.15) is 12.6 Å². The predicted molar refractivity (Wildman–Crippen MR) is 190 cm³/mol. The summed E-state index contributed by atoms with van der Waals surface area (Å²) in [5.41, 5.74) is 4.30. The number of aryl methyl sites for hydroxylation is 2. The van der Waals surface area contributed by atoms with Crippen molar-refractivity contribution in [2.75, 3.05) is 0 Å². The molecule has 2 aromatic heterocycles. The van der Waals surface area contributed by atoms with Gasteiger partial charge in [0.05, 0.1) is 32.5 Å². The zero-order valence-electron chi connectivity index (χ0n) is 27.9. The maximum absolute atomic E-state index is 13.8. The summed E-state index contributed by atoms with van der Waals surface area (Å²) in [6.07, 6.45) is 6.00. The Morgan fingerprint density at radius 3 is 1.54 bits per heavy atom. The predicted octanol–water partition coefficient (Wildman–Crippen LogP) is 7.13. The molecule has 52 heavy (non-hydrogen) atoms. The van der Waals surface area contributed by atoms with Crippen LogP contribution in [-0.4, -0.2) is 37.4 Å². The number of halogens is 2. The largest absolute Gasteiger partial charge is 0.303 e. The molecule has 4 unspecified atom stereocenters. The number of benzene rings is 4. The molecule has 0 amide bonds. The van der Waals surface area contributed by atoms with Crippen LogP contribution in [-0.2, 0) is 29.6 Å². The van der Waals surface area contributed by atoms with E-state index in [2.05, 4.69) is 6.07 Å². The number of aldehydes is 2. The molecule has 4 atom stereocenters. The van der Waals surface area contributed by atoms with Gasteiger partial charge >= 0.3 is 0 Å². The molecule has 4 aromatic carbocycles. The fourth-order valence-corrected chi connectivity index (χ4v) is 9.34. The number of hydrogen-bond acceptors (Lipinski definition) is 7. The summed E-state index contributed by atoms with van der Waals surface area (Å²) < 4.78 is 82.2. The Kier molecular flexibility index (Phi) is 8.71. The van der Waals surface area contributed by atoms with Crippen molar-refractivity contribution >= 4 is 54.4 Å². The number of aromatic nitrogens is 2. The van der Waals surface area contributed by atoms with Gasteiger partial charge in [-0.05, 0) is 98.2 Å². The third-order valence-corrected chi connectivity index (χ3v) is 13.1. The summed E-state index contributed by atoms with van der Waals surface area (Å²) in [5.74, 6) is -2.63. The number of fused-ring (bicyclic) bond motifs is 2. The molecular weight excluding hydrogens is 709 g/mol. The Hall–Kier alpha value is -5.45. The van der Waals surface area contributed by atoms with Gasteiger partial charge in [0.25, 0.3) is 20.0 Å². The third kappa shape index (κ3) is 6.11. The van der Waals surface area contributed by atoms with Crippen LogP contribution in [0.3, 0.4) is 0 Å². The normalized spacial score (nSPS) is 19.4. The molecule has 0 saturated heterocycles. The van der Waals surface area contributed by atoms with Crippen molar-refractivity contribution in [3.8, 4) is 6.07 Å². The number of nitrogens with zero attached hydrogens (tertiary/aromatic N) is 3. The van der Waals surface area contributed by atoms with Crippen molar-refractivity contribution in [1.29, 1.82) is 5.26 Å². The molecule has 2 fully saturated rings. The summed E-state index contributed by atoms with van der Waals surface area (Å²) in [6, 6.07) is 21.9. The minimum Gasteiger partial charge on any atom is -0.303 e. The van der Waals surface area contributed by atoms with Crippen molar-refractivity contribution < 1.29 is 35.2 Å². The average molecular weight is 740 g/mol. The van der Waals surface area contributed by atoms with Gasteiger partial charge in [-0.2, -0.15) is 5.26 Å². The number of nitriles is 1. The molecule has 9 nitrogen and oxygen atoms in total. The second-order valence-electron chi connectivity index (χ2n) is 13.3. The summed E-state index contributed by atoms with van der Waals surface area (Å²) in [6.45, 7) is 3.74. The van der Waals surface area contributed by atoms with Gasteiger partial charge in [-0.1, -0.05) is 35.4 Å². The molecule has 2 aliphatic carbocycles.